The van der Waals surface area contributed by atoms with E-state index in [4.69, 9.17) is 4.42 Å². The Bertz CT molecular complexity index is 1040. The van der Waals surface area contributed by atoms with Crippen molar-refractivity contribution in [3.63, 3.8) is 0 Å². The highest BCUT2D eigenvalue weighted by atomic mass is 32.2. The van der Waals surface area contributed by atoms with Crippen molar-refractivity contribution in [1.29, 1.82) is 0 Å². The number of piperazine rings is 1. The molecule has 176 valence electrons. The molecule has 4 rings (SSSR count). The third-order valence-corrected chi connectivity index (χ3v) is 7.62. The lowest BCUT2D eigenvalue weighted by atomic mass is 10.3. The largest absolute Gasteiger partial charge is 0.430 e. The van der Waals surface area contributed by atoms with Crippen molar-refractivity contribution in [3.05, 3.63) is 30.1 Å². The monoisotopic (exact) mass is 504 g/mol. The van der Waals surface area contributed by atoms with Gasteiger partial charge in [-0.1, -0.05) is 11.8 Å². The Labute approximate surface area is 206 Å². The fourth-order valence-corrected chi connectivity index (χ4v) is 5.79. The van der Waals surface area contributed by atoms with E-state index in [1.807, 2.05) is 37.6 Å². The average Bonchev–Trinajstić information content (AvgIpc) is 3.23. The molecule has 1 aliphatic rings. The van der Waals surface area contributed by atoms with Crippen LogP contribution in [0.1, 0.15) is 5.69 Å². The number of aromatic nitrogens is 3. The van der Waals surface area contributed by atoms with Gasteiger partial charge in [-0.15, -0.1) is 23.5 Å². The van der Waals surface area contributed by atoms with Gasteiger partial charge >= 0.3 is 0 Å². The molecule has 8 nitrogen and oxygen atoms in total. The molecule has 0 spiro atoms. The van der Waals surface area contributed by atoms with Gasteiger partial charge in [-0.05, 0) is 37.6 Å². The number of nitrogens with one attached hydrogen (secondary N) is 1. The zero-order valence-corrected chi connectivity index (χ0v) is 21.5. The summed E-state index contributed by atoms with van der Waals surface area (Å²) in [6.45, 7) is 6.98. The van der Waals surface area contributed by atoms with Crippen molar-refractivity contribution in [3.8, 4) is 0 Å². The second-order valence-electron chi connectivity index (χ2n) is 7.67. The average molecular weight is 505 g/mol. The minimum absolute atomic E-state index is 0.0137. The van der Waals surface area contributed by atoms with Gasteiger partial charge in [0.1, 0.15) is 5.03 Å². The molecule has 1 amide bonds. The third-order valence-electron chi connectivity index (χ3n) is 5.37. The topological polar surface area (TPSA) is 87.4 Å². The second-order valence-corrected chi connectivity index (χ2v) is 10.4. The first-order chi connectivity index (χ1) is 16.1. The summed E-state index contributed by atoms with van der Waals surface area (Å²) in [5.74, 6) is 0.919. The molecule has 0 saturated carbocycles. The van der Waals surface area contributed by atoms with E-state index >= 15 is 0 Å². The predicted molar refractivity (Wildman–Crippen MR) is 137 cm³/mol. The second kappa shape index (κ2) is 11.6. The number of pyridine rings is 2. The molecule has 0 aromatic carbocycles. The van der Waals surface area contributed by atoms with E-state index in [1.165, 1.54) is 0 Å². The van der Waals surface area contributed by atoms with Gasteiger partial charge in [0.15, 0.2) is 11.2 Å². The van der Waals surface area contributed by atoms with Crippen LogP contribution in [-0.4, -0.2) is 88.2 Å². The van der Waals surface area contributed by atoms with Crippen molar-refractivity contribution < 1.29 is 9.21 Å². The summed E-state index contributed by atoms with van der Waals surface area (Å²) in [5, 5.41) is 4.64. The van der Waals surface area contributed by atoms with E-state index in [9.17, 15) is 4.79 Å². The Balaban J connectivity index is 1.21. The number of aryl methyl sites for hydroxylation is 1. The van der Waals surface area contributed by atoms with Crippen LogP contribution in [0.2, 0.25) is 0 Å². The van der Waals surface area contributed by atoms with Crippen molar-refractivity contribution in [2.45, 2.75) is 22.1 Å². The van der Waals surface area contributed by atoms with Crippen LogP contribution in [0.3, 0.4) is 0 Å². The van der Waals surface area contributed by atoms with Crippen LogP contribution in [0.25, 0.3) is 11.2 Å². The van der Waals surface area contributed by atoms with E-state index in [-0.39, 0.29) is 5.91 Å². The summed E-state index contributed by atoms with van der Waals surface area (Å²) in [7, 11) is 0. The summed E-state index contributed by atoms with van der Waals surface area (Å²) < 4.78 is 5.72. The number of anilines is 1. The van der Waals surface area contributed by atoms with Crippen molar-refractivity contribution in [2.24, 2.45) is 0 Å². The Hall–Kier alpha value is -1.79. The Kier molecular flexibility index (Phi) is 8.53. The predicted octanol–water partition coefficient (Wildman–Crippen LogP) is 3.72. The van der Waals surface area contributed by atoms with E-state index in [1.54, 1.807) is 41.5 Å². The van der Waals surface area contributed by atoms with E-state index < -0.39 is 0 Å². The molecule has 4 heterocycles. The first-order valence-corrected chi connectivity index (χ1v) is 14.2. The first-order valence-electron chi connectivity index (χ1n) is 10.7. The standard InChI is InChI=1S/C22H28N6O2S3/c1-15-13-17(31-2)19(21(24-15)32-3)25-18(29)14-28-9-7-27(8-10-28)11-12-33-22-26-20-16(30-22)5-4-6-23-20/h4-6,13H,7-12,14H2,1-3H3,(H,25,29). The zero-order valence-electron chi connectivity index (χ0n) is 19.0. The first kappa shape index (κ1) is 24.3. The third kappa shape index (κ3) is 6.42. The molecule has 1 saturated heterocycles. The van der Waals surface area contributed by atoms with Crippen LogP contribution < -0.4 is 5.32 Å². The summed E-state index contributed by atoms with van der Waals surface area (Å²) in [5.41, 5.74) is 3.17. The SMILES string of the molecule is CSc1cc(C)nc(SC)c1NC(=O)CN1CCN(CCSc2nc3ncccc3o2)CC1. The van der Waals surface area contributed by atoms with Crippen molar-refractivity contribution in [2.75, 3.05) is 62.8 Å². The highest BCUT2D eigenvalue weighted by Gasteiger charge is 2.21. The maximum absolute atomic E-state index is 12.7. The van der Waals surface area contributed by atoms with Crippen LogP contribution in [0.15, 0.2) is 44.0 Å². The fraction of sp³-hybridized carbons (Fsp3) is 0.455. The van der Waals surface area contributed by atoms with E-state index in [2.05, 4.69) is 30.1 Å². The summed E-state index contributed by atoms with van der Waals surface area (Å²) in [4.78, 5) is 31.6. The lowest BCUT2D eigenvalue weighted by molar-refractivity contribution is -0.117. The summed E-state index contributed by atoms with van der Waals surface area (Å²) >= 11 is 4.80. The number of hydrogen-bond donors (Lipinski definition) is 1. The quantitative estimate of drug-likeness (QED) is 0.435. The molecular formula is C22H28N6O2S3. The number of nitrogens with zero attached hydrogens (tertiary/aromatic N) is 5. The molecule has 0 aliphatic carbocycles. The molecule has 3 aromatic heterocycles. The Morgan fingerprint density at radius 1 is 1.15 bits per heavy atom. The Morgan fingerprint density at radius 2 is 1.94 bits per heavy atom. The minimum Gasteiger partial charge on any atom is -0.430 e. The van der Waals surface area contributed by atoms with Gasteiger partial charge < -0.3 is 9.73 Å². The number of oxazole rings is 1. The highest BCUT2D eigenvalue weighted by molar-refractivity contribution is 7.99. The molecule has 0 atom stereocenters. The van der Waals surface area contributed by atoms with Crippen molar-refractivity contribution in [1.82, 2.24) is 24.8 Å². The van der Waals surface area contributed by atoms with Gasteiger partial charge in [-0.25, -0.2) is 9.97 Å². The van der Waals surface area contributed by atoms with Gasteiger partial charge in [-0.2, -0.15) is 4.98 Å². The summed E-state index contributed by atoms with van der Waals surface area (Å²) in [6.07, 6.45) is 5.73. The molecule has 0 unspecified atom stereocenters. The van der Waals surface area contributed by atoms with E-state index in [0.29, 0.717) is 17.4 Å². The fourth-order valence-electron chi connectivity index (χ4n) is 3.67. The van der Waals surface area contributed by atoms with Crippen LogP contribution in [-0.2, 0) is 4.79 Å². The normalized spacial score (nSPS) is 15.2. The van der Waals surface area contributed by atoms with Gasteiger partial charge in [-0.3, -0.25) is 14.6 Å². The number of carbonyl (C=O) groups excluding carboxylic acids is 1. The molecule has 3 aromatic rings. The molecule has 1 fully saturated rings. The smallest absolute Gasteiger partial charge is 0.258 e. The number of carbonyl (C=O) groups is 1. The molecule has 1 aliphatic heterocycles. The lowest BCUT2D eigenvalue weighted by Crippen LogP contribution is -2.49. The molecule has 0 radical (unpaired) electrons. The minimum atomic E-state index is 0.0137. The van der Waals surface area contributed by atoms with Gasteiger partial charge in [0.05, 0.1) is 12.2 Å². The van der Waals surface area contributed by atoms with Gasteiger partial charge in [0.2, 0.25) is 5.91 Å². The van der Waals surface area contributed by atoms with Crippen LogP contribution in [0, 0.1) is 6.92 Å². The summed E-state index contributed by atoms with van der Waals surface area (Å²) in [6, 6.07) is 5.75. The lowest BCUT2D eigenvalue weighted by Gasteiger charge is -2.34. The molecule has 33 heavy (non-hydrogen) atoms. The number of thioether (sulfide) groups is 3. The maximum atomic E-state index is 12.7. The maximum Gasteiger partial charge on any atom is 0.258 e. The zero-order chi connectivity index (χ0) is 23.2. The molecular weight excluding hydrogens is 476 g/mol. The number of rotatable bonds is 9. The van der Waals surface area contributed by atoms with Crippen LogP contribution in [0.4, 0.5) is 5.69 Å². The Morgan fingerprint density at radius 3 is 2.67 bits per heavy atom. The van der Waals surface area contributed by atoms with E-state index in [0.717, 1.165) is 65.4 Å². The van der Waals surface area contributed by atoms with Gasteiger partial charge in [0.25, 0.3) is 5.22 Å². The molecule has 1 N–H and O–H groups in total. The van der Waals surface area contributed by atoms with Crippen LogP contribution >= 0.6 is 35.3 Å². The van der Waals surface area contributed by atoms with Crippen LogP contribution in [0.5, 0.6) is 0 Å². The van der Waals surface area contributed by atoms with Gasteiger partial charge in [0, 0.05) is 55.3 Å². The molecule has 0 bridgehead atoms. The highest BCUT2D eigenvalue weighted by Crippen LogP contribution is 2.33. The number of fused-ring (bicyclic) bond motifs is 1. The number of hydrogen-bond acceptors (Lipinski definition) is 10. The number of amides is 1. The molecule has 11 heteroatoms. The van der Waals surface area contributed by atoms with Crippen molar-refractivity contribution >= 4 is 58.1 Å².